The maximum absolute atomic E-state index is 8.71. The Labute approximate surface area is 176 Å². The third-order valence-electron chi connectivity index (χ3n) is 5.13. The summed E-state index contributed by atoms with van der Waals surface area (Å²) < 4.78 is 12.0. The summed E-state index contributed by atoms with van der Waals surface area (Å²) in [6.45, 7) is 6.43. The molecule has 0 aliphatic rings. The van der Waals surface area contributed by atoms with Crippen LogP contribution >= 0.6 is 0 Å². The molecule has 0 aromatic carbocycles. The van der Waals surface area contributed by atoms with Gasteiger partial charge in [0.1, 0.15) is 0 Å². The Kier molecular flexibility index (Phi) is 24.3. The molecule has 0 spiro atoms. The van der Waals surface area contributed by atoms with Crippen LogP contribution in [0.4, 0.5) is 0 Å². The fourth-order valence-corrected chi connectivity index (χ4v) is 3.29. The quantitative estimate of drug-likeness (QED) is 0.110. The highest BCUT2D eigenvalue weighted by Crippen LogP contribution is 2.14. The highest BCUT2D eigenvalue weighted by molar-refractivity contribution is 4.80. The topological polar surface area (TPSA) is 38.7 Å². The summed E-state index contributed by atoms with van der Waals surface area (Å²) in [6.07, 6.45) is 25.2. The van der Waals surface area contributed by atoms with Gasteiger partial charge in [-0.1, -0.05) is 90.2 Å². The zero-order chi connectivity index (χ0) is 20.5. The van der Waals surface area contributed by atoms with Gasteiger partial charge in [0, 0.05) is 19.8 Å². The van der Waals surface area contributed by atoms with Crippen molar-refractivity contribution < 1.29 is 14.6 Å². The van der Waals surface area contributed by atoms with E-state index in [1.807, 2.05) is 0 Å². The number of allylic oxidation sites excluding steroid dienone is 1. The smallest absolute Gasteiger partial charge is 0.157 e. The summed E-state index contributed by atoms with van der Waals surface area (Å²) in [5.41, 5.74) is 0. The van der Waals surface area contributed by atoms with Gasteiger partial charge in [-0.2, -0.15) is 0 Å². The lowest BCUT2D eigenvalue weighted by atomic mass is 10.1. The molecule has 1 N–H and O–H groups in total. The van der Waals surface area contributed by atoms with E-state index >= 15 is 0 Å². The van der Waals surface area contributed by atoms with Crippen LogP contribution in [0.2, 0.25) is 0 Å². The van der Waals surface area contributed by atoms with E-state index in [1.165, 1.54) is 77.0 Å². The van der Waals surface area contributed by atoms with Crippen molar-refractivity contribution in [2.45, 2.75) is 129 Å². The van der Waals surface area contributed by atoms with Crippen LogP contribution in [0.1, 0.15) is 123 Å². The fourth-order valence-electron chi connectivity index (χ4n) is 3.29. The first-order valence-corrected chi connectivity index (χ1v) is 12.3. The van der Waals surface area contributed by atoms with E-state index in [1.54, 1.807) is 0 Å². The van der Waals surface area contributed by atoms with Crippen LogP contribution in [0.3, 0.4) is 0 Å². The molecule has 0 saturated heterocycles. The molecular formula is C25H50O3. The number of ether oxygens (including phenoxy) is 2. The van der Waals surface area contributed by atoms with Crippen LogP contribution in [0.25, 0.3) is 0 Å². The predicted molar refractivity (Wildman–Crippen MR) is 122 cm³/mol. The van der Waals surface area contributed by atoms with Crippen LogP contribution in [0.15, 0.2) is 12.2 Å². The largest absolute Gasteiger partial charge is 0.396 e. The number of hydrogen-bond donors (Lipinski definition) is 1. The lowest BCUT2D eigenvalue weighted by molar-refractivity contribution is -0.148. The Hall–Kier alpha value is -0.380. The number of aliphatic hydroxyl groups is 1. The van der Waals surface area contributed by atoms with Crippen molar-refractivity contribution in [2.75, 3.05) is 19.8 Å². The molecule has 3 nitrogen and oxygen atoms in total. The van der Waals surface area contributed by atoms with E-state index in [9.17, 15) is 0 Å². The molecule has 0 aliphatic carbocycles. The second-order valence-corrected chi connectivity index (χ2v) is 7.97. The number of unbranched alkanes of at least 4 members (excludes halogenated alkanes) is 12. The van der Waals surface area contributed by atoms with Crippen molar-refractivity contribution in [2.24, 2.45) is 0 Å². The molecule has 0 aromatic heterocycles. The Morgan fingerprint density at radius 1 is 0.607 bits per heavy atom. The van der Waals surface area contributed by atoms with Gasteiger partial charge in [0.25, 0.3) is 0 Å². The normalized spacial score (nSPS) is 11.9. The van der Waals surface area contributed by atoms with Crippen molar-refractivity contribution in [3.8, 4) is 0 Å². The maximum Gasteiger partial charge on any atom is 0.157 e. The van der Waals surface area contributed by atoms with E-state index in [2.05, 4.69) is 26.0 Å². The molecule has 0 fully saturated rings. The first-order chi connectivity index (χ1) is 13.8. The molecule has 0 radical (unpaired) electrons. The summed E-state index contributed by atoms with van der Waals surface area (Å²) in [6, 6.07) is 0. The van der Waals surface area contributed by atoms with Gasteiger partial charge in [0.2, 0.25) is 0 Å². The van der Waals surface area contributed by atoms with Gasteiger partial charge in [-0.15, -0.1) is 0 Å². The zero-order valence-electron chi connectivity index (χ0n) is 19.1. The minimum absolute atomic E-state index is 0.0209. The predicted octanol–water partition coefficient (Wildman–Crippen LogP) is 7.57. The SMILES string of the molecule is CCCCCOC(CCCCCCCCCC/C=C/CCO)OCCCCC. The lowest BCUT2D eigenvalue weighted by Gasteiger charge is -2.18. The van der Waals surface area contributed by atoms with Crippen LogP contribution in [0.5, 0.6) is 0 Å². The molecule has 0 rings (SSSR count). The first kappa shape index (κ1) is 27.6. The Morgan fingerprint density at radius 2 is 1.11 bits per heavy atom. The van der Waals surface area contributed by atoms with Crippen molar-refractivity contribution in [3.05, 3.63) is 12.2 Å². The minimum atomic E-state index is 0.0209. The van der Waals surface area contributed by atoms with Crippen molar-refractivity contribution >= 4 is 0 Å². The zero-order valence-corrected chi connectivity index (χ0v) is 19.1. The number of hydrogen-bond acceptors (Lipinski definition) is 3. The van der Waals surface area contributed by atoms with Crippen molar-refractivity contribution in [1.29, 1.82) is 0 Å². The molecule has 0 atom stereocenters. The molecule has 0 amide bonds. The highest BCUT2D eigenvalue weighted by atomic mass is 16.7. The van der Waals surface area contributed by atoms with Crippen molar-refractivity contribution in [3.63, 3.8) is 0 Å². The highest BCUT2D eigenvalue weighted by Gasteiger charge is 2.09. The fraction of sp³-hybridized carbons (Fsp3) is 0.920. The summed E-state index contributed by atoms with van der Waals surface area (Å²) in [4.78, 5) is 0. The van der Waals surface area contributed by atoms with Crippen LogP contribution < -0.4 is 0 Å². The second kappa shape index (κ2) is 24.7. The molecule has 0 heterocycles. The Morgan fingerprint density at radius 3 is 1.64 bits per heavy atom. The molecular weight excluding hydrogens is 348 g/mol. The van der Waals surface area contributed by atoms with E-state index < -0.39 is 0 Å². The number of rotatable bonds is 23. The third kappa shape index (κ3) is 21.9. The standard InChI is InChI=1S/C25H50O3/c1-3-5-19-23-27-25(28-24-20-6-4-2)21-17-15-13-11-9-7-8-10-12-14-16-18-22-26/h14,16,25-26H,3-13,15,17-24H2,1-2H3/b16-14+. The van der Waals surface area contributed by atoms with E-state index in [0.29, 0.717) is 0 Å². The third-order valence-corrected chi connectivity index (χ3v) is 5.13. The van der Waals surface area contributed by atoms with Gasteiger partial charge in [0.05, 0.1) is 0 Å². The molecule has 28 heavy (non-hydrogen) atoms. The average Bonchev–Trinajstić information content (AvgIpc) is 2.71. The van der Waals surface area contributed by atoms with Gasteiger partial charge in [-0.3, -0.25) is 0 Å². The summed E-state index contributed by atoms with van der Waals surface area (Å²) in [7, 11) is 0. The van der Waals surface area contributed by atoms with Crippen LogP contribution in [-0.4, -0.2) is 31.2 Å². The van der Waals surface area contributed by atoms with E-state index in [4.69, 9.17) is 14.6 Å². The molecule has 168 valence electrons. The van der Waals surface area contributed by atoms with Gasteiger partial charge < -0.3 is 14.6 Å². The van der Waals surface area contributed by atoms with E-state index in [-0.39, 0.29) is 12.9 Å². The molecule has 0 saturated carbocycles. The number of aliphatic hydroxyl groups excluding tert-OH is 1. The van der Waals surface area contributed by atoms with Gasteiger partial charge >= 0.3 is 0 Å². The van der Waals surface area contributed by atoms with Crippen LogP contribution in [0, 0.1) is 0 Å². The lowest BCUT2D eigenvalue weighted by Crippen LogP contribution is -2.19. The minimum Gasteiger partial charge on any atom is -0.396 e. The molecule has 0 bridgehead atoms. The maximum atomic E-state index is 8.71. The summed E-state index contributed by atoms with van der Waals surface area (Å²) in [5.74, 6) is 0. The Bertz CT molecular complexity index is 292. The average molecular weight is 399 g/mol. The second-order valence-electron chi connectivity index (χ2n) is 7.97. The summed E-state index contributed by atoms with van der Waals surface area (Å²) in [5, 5.41) is 8.71. The van der Waals surface area contributed by atoms with Crippen LogP contribution in [-0.2, 0) is 9.47 Å². The molecule has 0 aromatic rings. The van der Waals surface area contributed by atoms with Gasteiger partial charge in [0.15, 0.2) is 6.29 Å². The first-order valence-electron chi connectivity index (χ1n) is 12.3. The molecule has 0 unspecified atom stereocenters. The summed E-state index contributed by atoms with van der Waals surface area (Å²) >= 11 is 0. The van der Waals surface area contributed by atoms with Gasteiger partial charge in [-0.05, 0) is 44.9 Å². The van der Waals surface area contributed by atoms with Crippen molar-refractivity contribution in [1.82, 2.24) is 0 Å². The molecule has 3 heteroatoms. The molecule has 0 aliphatic heterocycles. The van der Waals surface area contributed by atoms with Gasteiger partial charge in [-0.25, -0.2) is 0 Å². The monoisotopic (exact) mass is 398 g/mol. The Balaban J connectivity index is 3.57. The van der Waals surface area contributed by atoms with E-state index in [0.717, 1.165) is 45.3 Å².